The predicted molar refractivity (Wildman–Crippen MR) is 95.4 cm³/mol. The van der Waals surface area contributed by atoms with Crippen LogP contribution in [0.3, 0.4) is 0 Å². The second kappa shape index (κ2) is 7.11. The summed E-state index contributed by atoms with van der Waals surface area (Å²) in [4.78, 5) is 42.0. The Morgan fingerprint density at radius 2 is 1.92 bits per heavy atom. The number of Topliss-reactive ketones (excluding diaryl/α,β-unsaturated/α-hetero) is 1. The van der Waals surface area contributed by atoms with E-state index in [0.717, 1.165) is 21.1 Å². The highest BCUT2D eigenvalue weighted by Gasteiger charge is 2.36. The number of carbonyl (C=O) groups is 3. The molecule has 0 unspecified atom stereocenters. The zero-order valence-corrected chi connectivity index (χ0v) is 14.7. The summed E-state index contributed by atoms with van der Waals surface area (Å²) in [6, 6.07) is 12.1. The summed E-state index contributed by atoms with van der Waals surface area (Å²) in [5.41, 5.74) is 1.04. The van der Waals surface area contributed by atoms with Crippen LogP contribution in [0.25, 0.3) is 6.08 Å². The third kappa shape index (κ3) is 3.63. The van der Waals surface area contributed by atoms with Crippen LogP contribution < -0.4 is 0 Å². The third-order valence-corrected chi connectivity index (χ3v) is 4.74. The van der Waals surface area contributed by atoms with Crippen LogP contribution in [0.4, 0.5) is 4.79 Å². The smallest absolute Gasteiger partial charge is 0.292 e. The Kier molecular flexibility index (Phi) is 4.92. The van der Waals surface area contributed by atoms with Gasteiger partial charge in [0.25, 0.3) is 11.1 Å². The molecule has 0 radical (unpaired) electrons. The van der Waals surface area contributed by atoms with Crippen molar-refractivity contribution in [2.24, 2.45) is 0 Å². The van der Waals surface area contributed by atoms with Crippen LogP contribution in [0.5, 0.6) is 0 Å². The Morgan fingerprint density at radius 1 is 1.17 bits per heavy atom. The Balaban J connectivity index is 1.76. The number of aromatic nitrogens is 1. The first kappa shape index (κ1) is 16.6. The van der Waals surface area contributed by atoms with E-state index in [4.69, 9.17) is 0 Å². The van der Waals surface area contributed by atoms with E-state index in [-0.39, 0.29) is 17.2 Å². The van der Waals surface area contributed by atoms with Gasteiger partial charge in [-0.25, -0.2) is 0 Å². The highest BCUT2D eigenvalue weighted by molar-refractivity contribution is 9.10. The molecule has 2 heterocycles. The van der Waals surface area contributed by atoms with Crippen molar-refractivity contribution in [2.45, 2.75) is 0 Å². The van der Waals surface area contributed by atoms with Crippen molar-refractivity contribution in [1.29, 1.82) is 0 Å². The molecule has 7 heteroatoms. The second-order valence-electron chi connectivity index (χ2n) is 4.95. The fraction of sp³-hybridized carbons (Fsp3) is 0.0588. The maximum absolute atomic E-state index is 12.4. The fourth-order valence-electron chi connectivity index (χ4n) is 2.10. The first-order valence-electron chi connectivity index (χ1n) is 7.00. The molecular weight excluding hydrogens is 392 g/mol. The minimum atomic E-state index is -0.471. The van der Waals surface area contributed by atoms with Crippen molar-refractivity contribution in [2.75, 3.05) is 6.54 Å². The molecule has 2 aromatic rings. The maximum atomic E-state index is 12.4. The van der Waals surface area contributed by atoms with Gasteiger partial charge in [0, 0.05) is 16.2 Å². The summed E-state index contributed by atoms with van der Waals surface area (Å²) in [7, 11) is 0. The number of ketones is 1. The minimum absolute atomic E-state index is 0.266. The summed E-state index contributed by atoms with van der Waals surface area (Å²) >= 11 is 4.11. The number of hydrogen-bond acceptors (Lipinski definition) is 5. The normalized spacial score (nSPS) is 16.0. The van der Waals surface area contributed by atoms with Gasteiger partial charge >= 0.3 is 0 Å². The number of amides is 2. The summed E-state index contributed by atoms with van der Waals surface area (Å²) < 4.78 is 0.850. The van der Waals surface area contributed by atoms with E-state index < -0.39 is 11.1 Å². The molecule has 1 fully saturated rings. The van der Waals surface area contributed by atoms with Crippen LogP contribution in [0.1, 0.15) is 16.1 Å². The molecule has 1 aliphatic heterocycles. The number of carbonyl (C=O) groups excluding carboxylic acids is 3. The van der Waals surface area contributed by atoms with Crippen LogP contribution in [-0.2, 0) is 4.79 Å². The van der Waals surface area contributed by atoms with Crippen LogP contribution in [0.2, 0.25) is 0 Å². The van der Waals surface area contributed by atoms with E-state index in [1.54, 1.807) is 54.7 Å². The van der Waals surface area contributed by atoms with Crippen LogP contribution in [0.15, 0.2) is 58.0 Å². The van der Waals surface area contributed by atoms with Crippen molar-refractivity contribution in [3.05, 3.63) is 69.3 Å². The Labute approximate surface area is 150 Å². The van der Waals surface area contributed by atoms with E-state index in [9.17, 15) is 14.4 Å². The van der Waals surface area contributed by atoms with Gasteiger partial charge in [-0.05, 0) is 42.1 Å². The van der Waals surface area contributed by atoms with Gasteiger partial charge in [0.1, 0.15) is 0 Å². The zero-order chi connectivity index (χ0) is 17.1. The molecule has 1 aromatic heterocycles. The van der Waals surface area contributed by atoms with Gasteiger partial charge in [-0.2, -0.15) is 0 Å². The lowest BCUT2D eigenvalue weighted by molar-refractivity contribution is -0.122. The van der Waals surface area contributed by atoms with Gasteiger partial charge in [0.05, 0.1) is 17.1 Å². The summed E-state index contributed by atoms with van der Waals surface area (Å²) in [6.45, 7) is -0.272. The molecule has 0 spiro atoms. The molecule has 1 aliphatic rings. The maximum Gasteiger partial charge on any atom is 0.293 e. The molecule has 2 amide bonds. The first-order valence-corrected chi connectivity index (χ1v) is 8.61. The molecule has 0 atom stereocenters. The summed E-state index contributed by atoms with van der Waals surface area (Å²) in [6.07, 6.45) is 3.15. The van der Waals surface area contributed by atoms with Crippen molar-refractivity contribution in [1.82, 2.24) is 9.88 Å². The number of thioether (sulfide) groups is 1. The number of hydrogen-bond donors (Lipinski definition) is 0. The molecule has 3 rings (SSSR count). The predicted octanol–water partition coefficient (Wildman–Crippen LogP) is 3.76. The first-order chi connectivity index (χ1) is 11.5. The van der Waals surface area contributed by atoms with Gasteiger partial charge < -0.3 is 0 Å². The van der Waals surface area contributed by atoms with Crippen LogP contribution in [-0.4, -0.2) is 33.4 Å². The van der Waals surface area contributed by atoms with Gasteiger partial charge in [0.15, 0.2) is 5.78 Å². The largest absolute Gasteiger partial charge is 0.293 e. The quantitative estimate of drug-likeness (QED) is 0.575. The van der Waals surface area contributed by atoms with E-state index in [0.29, 0.717) is 11.3 Å². The number of pyridine rings is 1. The molecule has 0 N–H and O–H groups in total. The lowest BCUT2D eigenvalue weighted by Crippen LogP contribution is -2.33. The standard InChI is InChI=1S/C17H11BrN2O3S/c18-12-6-4-11(5-7-12)14(21)10-20-16(22)15(24-17(20)23)9-13-3-1-2-8-19-13/h1-9H,10H2/b15-9-. The minimum Gasteiger partial charge on any atom is -0.292 e. The third-order valence-electron chi connectivity index (χ3n) is 3.31. The van der Waals surface area contributed by atoms with Crippen LogP contribution in [0, 0.1) is 0 Å². The Morgan fingerprint density at radius 3 is 2.58 bits per heavy atom. The molecule has 1 aromatic carbocycles. The summed E-state index contributed by atoms with van der Waals surface area (Å²) in [5.74, 6) is -0.759. The topological polar surface area (TPSA) is 67.3 Å². The van der Waals surface area contributed by atoms with E-state index in [1.165, 1.54) is 0 Å². The number of nitrogens with zero attached hydrogens (tertiary/aromatic N) is 2. The molecule has 5 nitrogen and oxygen atoms in total. The molecule has 0 saturated carbocycles. The van der Waals surface area contributed by atoms with Crippen LogP contribution >= 0.6 is 27.7 Å². The number of halogens is 1. The lowest BCUT2D eigenvalue weighted by Gasteiger charge is -2.11. The molecule has 1 saturated heterocycles. The second-order valence-corrected chi connectivity index (χ2v) is 6.86. The Bertz CT molecular complexity index is 835. The molecule has 120 valence electrons. The van der Waals surface area contributed by atoms with E-state index in [1.807, 2.05) is 0 Å². The van der Waals surface area contributed by atoms with E-state index >= 15 is 0 Å². The van der Waals surface area contributed by atoms with Gasteiger partial charge in [0.2, 0.25) is 0 Å². The van der Waals surface area contributed by atoms with Crippen molar-refractivity contribution in [3.8, 4) is 0 Å². The number of benzene rings is 1. The van der Waals surface area contributed by atoms with E-state index in [2.05, 4.69) is 20.9 Å². The van der Waals surface area contributed by atoms with Crippen molar-refractivity contribution < 1.29 is 14.4 Å². The summed E-state index contributed by atoms with van der Waals surface area (Å²) in [5, 5.41) is -0.451. The number of imide groups is 1. The molecule has 24 heavy (non-hydrogen) atoms. The monoisotopic (exact) mass is 402 g/mol. The van der Waals surface area contributed by atoms with Gasteiger partial charge in [-0.3, -0.25) is 24.3 Å². The average Bonchev–Trinajstić information content (AvgIpc) is 2.84. The zero-order valence-electron chi connectivity index (χ0n) is 12.3. The van der Waals surface area contributed by atoms with Crippen molar-refractivity contribution >= 4 is 50.7 Å². The Hall–Kier alpha value is -2.25. The molecular formula is C17H11BrN2O3S. The average molecular weight is 403 g/mol. The number of rotatable bonds is 4. The molecule has 0 bridgehead atoms. The van der Waals surface area contributed by atoms with Crippen molar-refractivity contribution in [3.63, 3.8) is 0 Å². The lowest BCUT2D eigenvalue weighted by atomic mass is 10.1. The fourth-order valence-corrected chi connectivity index (χ4v) is 3.19. The SMILES string of the molecule is O=C(CN1C(=O)S/C(=C\c2ccccn2)C1=O)c1ccc(Br)cc1. The van der Waals surface area contributed by atoms with Gasteiger partial charge in [-0.1, -0.05) is 34.1 Å². The molecule has 0 aliphatic carbocycles. The van der Waals surface area contributed by atoms with Gasteiger partial charge in [-0.15, -0.1) is 0 Å². The highest BCUT2D eigenvalue weighted by Crippen LogP contribution is 2.32. The highest BCUT2D eigenvalue weighted by atomic mass is 79.9.